The average molecular weight is 966 g/mol. The number of fused-ring (bicyclic) bond motifs is 2. The van der Waals surface area contributed by atoms with Gasteiger partial charge in [-0.2, -0.15) is 4.98 Å². The second kappa shape index (κ2) is 18.7. The molecule has 2 amide bonds. The van der Waals surface area contributed by atoms with E-state index in [-0.39, 0.29) is 18.7 Å². The zero-order valence-corrected chi connectivity index (χ0v) is 39.6. The van der Waals surface area contributed by atoms with Gasteiger partial charge in [-0.1, -0.05) is 37.3 Å². The Bertz CT molecular complexity index is 2880. The average Bonchev–Trinajstić information content (AvgIpc) is 3.64. The van der Waals surface area contributed by atoms with Crippen molar-refractivity contribution in [2.75, 3.05) is 81.8 Å². The molecule has 0 spiro atoms. The lowest BCUT2D eigenvalue weighted by Gasteiger charge is -2.43. The molecule has 3 saturated heterocycles. The minimum Gasteiger partial charge on any atom is -0.494 e. The van der Waals surface area contributed by atoms with E-state index >= 15 is 0 Å². The predicted molar refractivity (Wildman–Crippen MR) is 258 cm³/mol. The highest BCUT2D eigenvalue weighted by molar-refractivity contribution is 9.10. The van der Waals surface area contributed by atoms with Crippen molar-refractivity contribution in [3.8, 4) is 5.75 Å². The number of piperidine rings is 2. The van der Waals surface area contributed by atoms with Crippen LogP contribution in [-0.2, 0) is 27.0 Å². The minimum atomic E-state index is -2.72. The highest BCUT2D eigenvalue weighted by Crippen LogP contribution is 2.42. The maximum Gasteiger partial charge on any atom is 0.420 e. The fraction of sp³-hybridized carbons (Fsp3) is 0.404. The molecular formula is C47H54BrN10O6P. The number of hydrogen-bond donors (Lipinski definition) is 3. The van der Waals surface area contributed by atoms with Crippen LogP contribution in [0.5, 0.6) is 5.75 Å². The van der Waals surface area contributed by atoms with Gasteiger partial charge < -0.3 is 34.2 Å². The lowest BCUT2D eigenvalue weighted by molar-refractivity contribution is -0.135. The number of piperazine rings is 1. The van der Waals surface area contributed by atoms with Crippen molar-refractivity contribution in [3.05, 3.63) is 93.1 Å². The number of imide groups is 1. The number of oxazole rings is 1. The van der Waals surface area contributed by atoms with Gasteiger partial charge in [-0.3, -0.25) is 29.4 Å². The third-order valence-corrected chi connectivity index (χ3v) is 15.1. The predicted octanol–water partition coefficient (Wildman–Crippen LogP) is 6.81. The number of benzene rings is 3. The number of amides is 2. The number of nitrogens with one attached hydrogen (secondary N) is 3. The molecule has 9 rings (SSSR count). The van der Waals surface area contributed by atoms with E-state index in [4.69, 9.17) is 14.1 Å². The summed E-state index contributed by atoms with van der Waals surface area (Å²) in [6, 6.07) is 17.4. The van der Waals surface area contributed by atoms with Gasteiger partial charge in [0.05, 0.1) is 40.2 Å². The van der Waals surface area contributed by atoms with Crippen molar-refractivity contribution in [2.24, 2.45) is 0 Å². The Labute approximate surface area is 385 Å². The summed E-state index contributed by atoms with van der Waals surface area (Å²) in [5, 5.41) is 10.7. The molecule has 6 aromatic rings. The van der Waals surface area contributed by atoms with Crippen molar-refractivity contribution < 1.29 is 23.3 Å². The molecule has 0 aliphatic carbocycles. The van der Waals surface area contributed by atoms with Gasteiger partial charge in [0.1, 0.15) is 24.8 Å². The Hall–Kier alpha value is -5.61. The highest BCUT2D eigenvalue weighted by Gasteiger charge is 2.33. The first-order valence-electron chi connectivity index (χ1n) is 22.3. The number of pyridine rings is 1. The number of halogens is 1. The van der Waals surface area contributed by atoms with E-state index in [0.717, 1.165) is 99.0 Å². The van der Waals surface area contributed by atoms with Gasteiger partial charge in [0.2, 0.25) is 17.8 Å². The summed E-state index contributed by atoms with van der Waals surface area (Å²) in [6.07, 6.45) is 7.55. The second-order valence-electron chi connectivity index (χ2n) is 17.4. The summed E-state index contributed by atoms with van der Waals surface area (Å²) in [6.45, 7) is 12.3. The number of carbonyl (C=O) groups is 2. The van der Waals surface area contributed by atoms with Crippen LogP contribution in [0.2, 0.25) is 0 Å². The standard InChI is InChI=1S/C47H54BrN10O6P/c1-5-29-25-35(52-46-50-27-33(48)44(54-46)51-36-28-49-34-11-7-6-10-32(34)43(36)65(3,4)62)40(63-2)26-39(29)57-19-16-31(17-20-57)56-23-21-55(22-24-56)18-15-30-9-8-12-37-42(30)64-47(61)58(37)38-13-14-41(59)53-45(38)60/h6-12,25-28,31,38H,5,13-24H2,1-4H3,(H,53,59,60)(H2,50,51,52,54). The van der Waals surface area contributed by atoms with Gasteiger partial charge in [0, 0.05) is 86.9 Å². The number of aromatic nitrogens is 4. The molecule has 0 saturated carbocycles. The van der Waals surface area contributed by atoms with Crippen LogP contribution >= 0.6 is 23.1 Å². The summed E-state index contributed by atoms with van der Waals surface area (Å²) in [5.74, 6) is 0.221. The van der Waals surface area contributed by atoms with Crippen LogP contribution in [0.4, 0.5) is 28.8 Å². The van der Waals surface area contributed by atoms with Crippen LogP contribution in [0, 0.1) is 0 Å². The van der Waals surface area contributed by atoms with E-state index in [2.05, 4.69) is 75.6 Å². The van der Waals surface area contributed by atoms with Crippen molar-refractivity contribution in [1.82, 2.24) is 34.6 Å². The Morgan fingerprint density at radius 3 is 2.43 bits per heavy atom. The molecule has 16 nitrogen and oxygen atoms in total. The third kappa shape index (κ3) is 9.29. The largest absolute Gasteiger partial charge is 0.494 e. The smallest absolute Gasteiger partial charge is 0.420 e. The summed E-state index contributed by atoms with van der Waals surface area (Å²) >= 11 is 3.60. The molecule has 3 aromatic heterocycles. The SMILES string of the molecule is CCc1cc(Nc2ncc(Br)c(Nc3cnc4ccccc4c3P(C)(C)=O)n2)c(OC)cc1N1CCC(N2CCN(CCc3cccc4c3oc(=O)n4C3CCC(=O)NC3=O)CC2)CC1. The maximum atomic E-state index is 13.6. The van der Waals surface area contributed by atoms with Gasteiger partial charge in [-0.25, -0.2) is 9.78 Å². The van der Waals surface area contributed by atoms with Crippen LogP contribution < -0.4 is 36.6 Å². The third-order valence-electron chi connectivity index (χ3n) is 13.0. The van der Waals surface area contributed by atoms with Crippen LogP contribution in [-0.4, -0.2) is 113 Å². The van der Waals surface area contributed by atoms with Gasteiger partial charge in [0.15, 0.2) is 5.58 Å². The first-order chi connectivity index (χ1) is 31.4. The number of anilines is 5. The molecule has 1 atom stereocenters. The lowest BCUT2D eigenvalue weighted by atomic mass is 9.99. The van der Waals surface area contributed by atoms with Crippen LogP contribution in [0.3, 0.4) is 0 Å². The molecule has 18 heteroatoms. The van der Waals surface area contributed by atoms with Gasteiger partial charge in [0.25, 0.3) is 0 Å². The van der Waals surface area contributed by atoms with E-state index in [1.54, 1.807) is 38.9 Å². The molecule has 1 unspecified atom stereocenters. The molecule has 3 fully saturated rings. The summed E-state index contributed by atoms with van der Waals surface area (Å²) < 4.78 is 27.3. The fourth-order valence-corrected chi connectivity index (χ4v) is 11.4. The van der Waals surface area contributed by atoms with E-state index in [9.17, 15) is 18.9 Å². The number of carbonyl (C=O) groups excluding carboxylic acids is 2. The molecule has 3 aromatic carbocycles. The maximum absolute atomic E-state index is 13.6. The molecule has 0 bridgehead atoms. The van der Waals surface area contributed by atoms with E-state index < -0.39 is 24.8 Å². The van der Waals surface area contributed by atoms with E-state index in [0.29, 0.717) is 44.8 Å². The summed E-state index contributed by atoms with van der Waals surface area (Å²) in [7, 11) is -1.04. The van der Waals surface area contributed by atoms with Crippen molar-refractivity contribution in [2.45, 2.75) is 57.5 Å². The molecule has 65 heavy (non-hydrogen) atoms. The Balaban J connectivity index is 0.812. The van der Waals surface area contributed by atoms with Crippen molar-refractivity contribution in [3.63, 3.8) is 0 Å². The van der Waals surface area contributed by atoms with Crippen LogP contribution in [0.15, 0.2) is 80.7 Å². The quantitative estimate of drug-likeness (QED) is 0.0812. The fourth-order valence-electron chi connectivity index (χ4n) is 9.66. The minimum absolute atomic E-state index is 0.188. The van der Waals surface area contributed by atoms with Gasteiger partial charge >= 0.3 is 5.76 Å². The van der Waals surface area contributed by atoms with Crippen LogP contribution in [0.1, 0.15) is 49.8 Å². The lowest BCUT2D eigenvalue weighted by Crippen LogP contribution is -2.53. The van der Waals surface area contributed by atoms with E-state index in [1.807, 2.05) is 36.4 Å². The normalized spacial score (nSPS) is 18.0. The number of ether oxygens (including phenoxy) is 1. The molecule has 0 radical (unpaired) electrons. The number of aryl methyl sites for hydroxylation is 1. The van der Waals surface area contributed by atoms with Gasteiger partial charge in [-0.15, -0.1) is 0 Å². The number of para-hydroxylation sites is 2. The molecule has 340 valence electrons. The zero-order chi connectivity index (χ0) is 45.4. The molecule has 3 N–H and O–H groups in total. The number of methoxy groups -OCH3 is 1. The summed E-state index contributed by atoms with van der Waals surface area (Å²) in [5.41, 5.74) is 6.60. The Morgan fingerprint density at radius 1 is 0.908 bits per heavy atom. The molecule has 6 heterocycles. The van der Waals surface area contributed by atoms with Gasteiger partial charge in [-0.05, 0) is 90.7 Å². The van der Waals surface area contributed by atoms with E-state index in [1.165, 1.54) is 15.8 Å². The van der Waals surface area contributed by atoms with Crippen molar-refractivity contribution >= 4 is 91.0 Å². The molecule has 3 aliphatic heterocycles. The van der Waals surface area contributed by atoms with Crippen LogP contribution in [0.25, 0.3) is 22.0 Å². The highest BCUT2D eigenvalue weighted by atomic mass is 79.9. The Morgan fingerprint density at radius 2 is 1.69 bits per heavy atom. The topological polar surface area (TPSA) is 180 Å². The monoisotopic (exact) mass is 964 g/mol. The summed E-state index contributed by atoms with van der Waals surface area (Å²) in [4.78, 5) is 58.9. The first kappa shape index (κ1) is 44.6. The number of nitrogens with zero attached hydrogens (tertiary/aromatic N) is 7. The second-order valence-corrected chi connectivity index (χ2v) is 21.4. The Kier molecular flexibility index (Phi) is 12.8. The van der Waals surface area contributed by atoms with Crippen molar-refractivity contribution in [1.29, 1.82) is 0 Å². The zero-order valence-electron chi connectivity index (χ0n) is 37.1. The molecule has 3 aliphatic rings. The molecular weight excluding hydrogens is 911 g/mol. The number of hydrogen-bond acceptors (Lipinski definition) is 14. The first-order valence-corrected chi connectivity index (χ1v) is 25.7. The number of rotatable bonds is 13.